The average Bonchev–Trinajstić information content (AvgIpc) is 3.00. The molecule has 0 bridgehead atoms. The van der Waals surface area contributed by atoms with Crippen LogP contribution >= 0.6 is 0 Å². The van der Waals surface area contributed by atoms with Crippen LogP contribution in [0.2, 0.25) is 0 Å². The molecule has 0 radical (unpaired) electrons. The summed E-state index contributed by atoms with van der Waals surface area (Å²) >= 11 is 0. The maximum Gasteiger partial charge on any atom is 0.333 e. The molecule has 0 N–H and O–H groups in total. The molecule has 0 aliphatic carbocycles. The quantitative estimate of drug-likeness (QED) is 0.617. The van der Waals surface area contributed by atoms with Crippen molar-refractivity contribution in [3.05, 3.63) is 41.5 Å². The second kappa shape index (κ2) is 7.27. The third-order valence-electron chi connectivity index (χ3n) is 4.00. The van der Waals surface area contributed by atoms with E-state index in [9.17, 15) is 4.79 Å². The number of carbonyl (C=O) groups is 1. The van der Waals surface area contributed by atoms with Crippen LogP contribution in [0.25, 0.3) is 0 Å². The molecule has 0 saturated carbocycles. The molecule has 0 spiro atoms. The molecule has 1 heterocycles. The number of benzene rings is 1. The highest BCUT2D eigenvalue weighted by atomic mass is 16.5. The van der Waals surface area contributed by atoms with E-state index in [1.807, 2.05) is 18.2 Å². The van der Waals surface area contributed by atoms with Gasteiger partial charge < -0.3 is 9.47 Å². The summed E-state index contributed by atoms with van der Waals surface area (Å²) in [6.45, 7) is 3.63. The van der Waals surface area contributed by atoms with Crippen molar-refractivity contribution in [3.8, 4) is 5.75 Å². The largest absolute Gasteiger partial charge is 0.497 e. The lowest BCUT2D eigenvalue weighted by Crippen LogP contribution is -2.24. The predicted octanol–water partition coefficient (Wildman–Crippen LogP) is 2.95. The van der Waals surface area contributed by atoms with Crippen LogP contribution in [0, 0.1) is 0 Å². The van der Waals surface area contributed by atoms with Crippen LogP contribution in [0.1, 0.15) is 31.4 Å². The fraction of sp³-hybridized carbons (Fsp3) is 0.471. The van der Waals surface area contributed by atoms with Crippen molar-refractivity contribution < 1.29 is 14.3 Å². The molecule has 1 aliphatic rings. The second-order valence-electron chi connectivity index (χ2n) is 5.30. The molecule has 0 unspecified atom stereocenters. The van der Waals surface area contributed by atoms with Gasteiger partial charge in [-0.25, -0.2) is 4.79 Å². The van der Waals surface area contributed by atoms with E-state index < -0.39 is 0 Å². The number of likely N-dealkylation sites (tertiary alicyclic amines) is 1. The minimum absolute atomic E-state index is 0.254. The van der Waals surface area contributed by atoms with E-state index in [-0.39, 0.29) is 5.97 Å². The standard InChI is InChI=1S/C17H23NO3/c1-13(17(19)21-3)10-12-18-11-4-5-16(18)14-6-8-15(20-2)9-7-14/h6-10,16H,4-5,11-12H2,1-3H3/b13-10-/t16-/m0/s1. The van der Waals surface area contributed by atoms with E-state index in [1.165, 1.54) is 19.1 Å². The summed E-state index contributed by atoms with van der Waals surface area (Å²) in [5, 5.41) is 0. The molecule has 1 aromatic carbocycles. The zero-order valence-electron chi connectivity index (χ0n) is 13.0. The smallest absolute Gasteiger partial charge is 0.333 e. The molecular formula is C17H23NO3. The summed E-state index contributed by atoms with van der Waals surface area (Å²) in [7, 11) is 3.09. The van der Waals surface area contributed by atoms with Crippen molar-refractivity contribution in [2.75, 3.05) is 27.3 Å². The number of methoxy groups -OCH3 is 2. The Labute approximate surface area is 126 Å². The van der Waals surface area contributed by atoms with Crippen LogP contribution in [0.5, 0.6) is 5.75 Å². The van der Waals surface area contributed by atoms with Crippen LogP contribution in [-0.2, 0) is 9.53 Å². The van der Waals surface area contributed by atoms with E-state index >= 15 is 0 Å². The Balaban J connectivity index is 2.04. The number of hydrogen-bond donors (Lipinski definition) is 0. The van der Waals surface area contributed by atoms with Gasteiger partial charge in [-0.15, -0.1) is 0 Å². The van der Waals surface area contributed by atoms with Gasteiger partial charge in [0, 0.05) is 18.2 Å². The molecule has 1 fully saturated rings. The van der Waals surface area contributed by atoms with E-state index in [0.717, 1.165) is 25.3 Å². The fourth-order valence-corrected chi connectivity index (χ4v) is 2.75. The van der Waals surface area contributed by atoms with Gasteiger partial charge in [0.1, 0.15) is 5.75 Å². The highest BCUT2D eigenvalue weighted by Crippen LogP contribution is 2.32. The normalized spacial score (nSPS) is 19.6. The number of esters is 1. The van der Waals surface area contributed by atoms with Gasteiger partial charge >= 0.3 is 5.97 Å². The average molecular weight is 289 g/mol. The van der Waals surface area contributed by atoms with E-state index in [0.29, 0.717) is 11.6 Å². The maximum atomic E-state index is 11.4. The molecule has 2 rings (SSSR count). The second-order valence-corrected chi connectivity index (χ2v) is 5.30. The molecule has 0 amide bonds. The van der Waals surface area contributed by atoms with Crippen molar-refractivity contribution in [3.63, 3.8) is 0 Å². The summed E-state index contributed by atoms with van der Waals surface area (Å²) in [6.07, 6.45) is 4.28. The third-order valence-corrected chi connectivity index (χ3v) is 4.00. The Morgan fingerprint density at radius 2 is 2.05 bits per heavy atom. The lowest BCUT2D eigenvalue weighted by molar-refractivity contribution is -0.136. The summed E-state index contributed by atoms with van der Waals surface area (Å²) in [5.41, 5.74) is 1.97. The number of rotatable bonds is 5. The van der Waals surface area contributed by atoms with Crippen LogP contribution in [0.3, 0.4) is 0 Å². The molecule has 21 heavy (non-hydrogen) atoms. The predicted molar refractivity (Wildman–Crippen MR) is 82.3 cm³/mol. The zero-order chi connectivity index (χ0) is 15.2. The Morgan fingerprint density at radius 3 is 2.67 bits per heavy atom. The van der Waals surface area contributed by atoms with Crippen LogP contribution in [0.15, 0.2) is 35.9 Å². The van der Waals surface area contributed by atoms with Gasteiger partial charge in [0.05, 0.1) is 14.2 Å². The molecule has 0 aromatic heterocycles. The van der Waals surface area contributed by atoms with Crippen LogP contribution in [0.4, 0.5) is 0 Å². The molecule has 114 valence electrons. The number of carbonyl (C=O) groups excluding carboxylic acids is 1. The Morgan fingerprint density at radius 1 is 1.33 bits per heavy atom. The van der Waals surface area contributed by atoms with Crippen molar-refractivity contribution in [1.29, 1.82) is 0 Å². The fourth-order valence-electron chi connectivity index (χ4n) is 2.75. The van der Waals surface area contributed by atoms with Gasteiger partial charge in [-0.2, -0.15) is 0 Å². The van der Waals surface area contributed by atoms with Gasteiger partial charge in [0.15, 0.2) is 0 Å². The van der Waals surface area contributed by atoms with Gasteiger partial charge in [-0.1, -0.05) is 18.2 Å². The van der Waals surface area contributed by atoms with Crippen molar-refractivity contribution in [2.24, 2.45) is 0 Å². The molecular weight excluding hydrogens is 266 g/mol. The summed E-state index contributed by atoms with van der Waals surface area (Å²) in [5.74, 6) is 0.625. The van der Waals surface area contributed by atoms with E-state index in [2.05, 4.69) is 17.0 Å². The van der Waals surface area contributed by atoms with Crippen LogP contribution < -0.4 is 4.74 Å². The van der Waals surface area contributed by atoms with Gasteiger partial charge in [-0.3, -0.25) is 4.90 Å². The summed E-state index contributed by atoms with van der Waals surface area (Å²) in [4.78, 5) is 13.8. The van der Waals surface area contributed by atoms with Gasteiger partial charge in [0.2, 0.25) is 0 Å². The first-order chi connectivity index (χ1) is 10.2. The Hall–Kier alpha value is -1.81. The minimum atomic E-state index is -0.254. The summed E-state index contributed by atoms with van der Waals surface area (Å²) < 4.78 is 9.93. The van der Waals surface area contributed by atoms with Crippen molar-refractivity contribution >= 4 is 5.97 Å². The first kappa shape index (κ1) is 15.6. The molecule has 4 heteroatoms. The molecule has 1 saturated heterocycles. The molecule has 4 nitrogen and oxygen atoms in total. The molecule has 1 aliphatic heterocycles. The van der Waals surface area contributed by atoms with Crippen molar-refractivity contribution in [1.82, 2.24) is 4.90 Å². The number of nitrogens with zero attached hydrogens (tertiary/aromatic N) is 1. The lowest BCUT2D eigenvalue weighted by Gasteiger charge is -2.23. The minimum Gasteiger partial charge on any atom is -0.497 e. The van der Waals surface area contributed by atoms with Gasteiger partial charge in [-0.05, 0) is 44.0 Å². The lowest BCUT2D eigenvalue weighted by atomic mass is 10.0. The Bertz CT molecular complexity index is 507. The first-order valence-corrected chi connectivity index (χ1v) is 7.28. The van der Waals surface area contributed by atoms with E-state index in [4.69, 9.17) is 9.47 Å². The summed E-state index contributed by atoms with van der Waals surface area (Å²) in [6, 6.07) is 8.66. The van der Waals surface area contributed by atoms with Crippen molar-refractivity contribution in [2.45, 2.75) is 25.8 Å². The molecule has 1 aromatic rings. The molecule has 1 atom stereocenters. The highest BCUT2D eigenvalue weighted by Gasteiger charge is 2.25. The Kier molecular flexibility index (Phi) is 5.39. The van der Waals surface area contributed by atoms with Crippen LogP contribution in [-0.4, -0.2) is 38.2 Å². The maximum absolute atomic E-state index is 11.4. The topological polar surface area (TPSA) is 38.8 Å². The number of ether oxygens (including phenoxy) is 2. The highest BCUT2D eigenvalue weighted by molar-refractivity contribution is 5.87. The number of hydrogen-bond acceptors (Lipinski definition) is 4. The zero-order valence-corrected chi connectivity index (χ0v) is 13.0. The third kappa shape index (κ3) is 3.85. The first-order valence-electron chi connectivity index (χ1n) is 7.28. The van der Waals surface area contributed by atoms with Gasteiger partial charge in [0.25, 0.3) is 0 Å². The SMILES string of the molecule is COC(=O)/C(C)=C\CN1CCC[C@H]1c1ccc(OC)cc1. The monoisotopic (exact) mass is 289 g/mol. The van der Waals surface area contributed by atoms with E-state index in [1.54, 1.807) is 14.0 Å².